The molecule has 0 aliphatic rings. The Morgan fingerprint density at radius 2 is 2.07 bits per heavy atom. The van der Waals surface area contributed by atoms with Gasteiger partial charge in [0.15, 0.2) is 0 Å². The van der Waals surface area contributed by atoms with E-state index < -0.39 is 5.63 Å². The summed E-state index contributed by atoms with van der Waals surface area (Å²) in [5, 5.41) is 1.18. The lowest BCUT2D eigenvalue weighted by atomic mass is 10.1. The van der Waals surface area contributed by atoms with Crippen LogP contribution in [0.25, 0.3) is 11.0 Å². The Kier molecular flexibility index (Phi) is 2.37. The number of halogens is 2. The summed E-state index contributed by atoms with van der Waals surface area (Å²) < 4.78 is 5.91. The molecule has 1 heterocycles. The number of benzene rings is 1. The third-order valence-electron chi connectivity index (χ3n) is 1.97. The van der Waals surface area contributed by atoms with E-state index in [2.05, 4.69) is 15.9 Å². The van der Waals surface area contributed by atoms with E-state index in [1.54, 1.807) is 6.07 Å². The van der Waals surface area contributed by atoms with Gasteiger partial charge in [-0.3, -0.25) is 0 Å². The maximum absolute atomic E-state index is 11.0. The highest BCUT2D eigenvalue weighted by Gasteiger charge is 2.05. The van der Waals surface area contributed by atoms with Gasteiger partial charge in [0.1, 0.15) is 5.58 Å². The Labute approximate surface area is 93.6 Å². The molecule has 0 bridgehead atoms. The van der Waals surface area contributed by atoms with Crippen LogP contribution in [-0.4, -0.2) is 0 Å². The third kappa shape index (κ3) is 1.57. The van der Waals surface area contributed by atoms with Gasteiger partial charge in [0, 0.05) is 15.9 Å². The van der Waals surface area contributed by atoms with Crippen LogP contribution in [0, 0.1) is 6.92 Å². The predicted molar refractivity (Wildman–Crippen MR) is 59.9 cm³/mol. The van der Waals surface area contributed by atoms with Gasteiger partial charge in [0.05, 0.1) is 5.02 Å². The molecule has 72 valence electrons. The fourth-order valence-corrected chi connectivity index (χ4v) is 1.81. The average molecular weight is 274 g/mol. The van der Waals surface area contributed by atoms with Gasteiger partial charge in [0.25, 0.3) is 0 Å². The van der Waals surface area contributed by atoms with Crippen LogP contribution in [0.4, 0.5) is 0 Å². The van der Waals surface area contributed by atoms with E-state index in [4.69, 9.17) is 16.0 Å². The van der Waals surface area contributed by atoms with Crippen molar-refractivity contribution in [2.45, 2.75) is 6.92 Å². The van der Waals surface area contributed by atoms with E-state index in [1.807, 2.05) is 13.0 Å². The van der Waals surface area contributed by atoms with Gasteiger partial charge in [0.2, 0.25) is 0 Å². The van der Waals surface area contributed by atoms with Crippen LogP contribution in [0.1, 0.15) is 5.56 Å². The lowest BCUT2D eigenvalue weighted by Crippen LogP contribution is -1.96. The quantitative estimate of drug-likeness (QED) is 0.688. The lowest BCUT2D eigenvalue weighted by Gasteiger charge is -2.02. The zero-order chi connectivity index (χ0) is 10.3. The van der Waals surface area contributed by atoms with E-state index in [-0.39, 0.29) is 0 Å². The van der Waals surface area contributed by atoms with Crippen molar-refractivity contribution in [3.8, 4) is 0 Å². The van der Waals surface area contributed by atoms with Crippen molar-refractivity contribution in [3.05, 3.63) is 43.7 Å². The molecule has 0 saturated carbocycles. The van der Waals surface area contributed by atoms with Crippen LogP contribution < -0.4 is 5.63 Å². The number of aryl methyl sites for hydroxylation is 1. The maximum Gasteiger partial charge on any atom is 0.337 e. The summed E-state index contributed by atoms with van der Waals surface area (Å²) in [5.74, 6) is 0. The monoisotopic (exact) mass is 272 g/mol. The number of rotatable bonds is 0. The highest BCUT2D eigenvalue weighted by Crippen LogP contribution is 2.27. The summed E-state index contributed by atoms with van der Waals surface area (Å²) >= 11 is 9.27. The Balaban J connectivity index is 2.96. The molecule has 0 aliphatic carbocycles. The van der Waals surface area contributed by atoms with E-state index in [0.29, 0.717) is 10.6 Å². The first-order valence-electron chi connectivity index (χ1n) is 3.97. The second kappa shape index (κ2) is 3.41. The fourth-order valence-electron chi connectivity index (χ4n) is 1.25. The Morgan fingerprint density at radius 1 is 1.36 bits per heavy atom. The molecule has 4 heteroatoms. The van der Waals surface area contributed by atoms with E-state index in [0.717, 1.165) is 15.4 Å². The largest absolute Gasteiger partial charge is 0.423 e. The summed E-state index contributed by atoms with van der Waals surface area (Å²) in [7, 11) is 0. The molecule has 0 aliphatic heterocycles. The molecule has 0 saturated heterocycles. The van der Waals surface area contributed by atoms with Crippen molar-refractivity contribution in [3.63, 3.8) is 0 Å². The molecule has 2 nitrogen and oxygen atoms in total. The lowest BCUT2D eigenvalue weighted by molar-refractivity contribution is 0.561. The maximum atomic E-state index is 11.0. The molecule has 0 atom stereocenters. The van der Waals surface area contributed by atoms with Crippen LogP contribution in [0.5, 0.6) is 0 Å². The SMILES string of the molecule is Cc1cc2c(Cl)cc(=O)oc2cc1Br. The molecular formula is C10H6BrClO2. The first-order valence-corrected chi connectivity index (χ1v) is 5.14. The fraction of sp³-hybridized carbons (Fsp3) is 0.100. The van der Waals surface area contributed by atoms with Crippen LogP contribution in [0.15, 0.2) is 31.9 Å². The highest BCUT2D eigenvalue weighted by atomic mass is 79.9. The van der Waals surface area contributed by atoms with Crippen molar-refractivity contribution in [2.24, 2.45) is 0 Å². The minimum absolute atomic E-state index is 0.423. The summed E-state index contributed by atoms with van der Waals surface area (Å²) in [5.41, 5.74) is 1.12. The molecule has 14 heavy (non-hydrogen) atoms. The second-order valence-corrected chi connectivity index (χ2v) is 4.27. The molecular weight excluding hydrogens is 267 g/mol. The zero-order valence-electron chi connectivity index (χ0n) is 7.30. The van der Waals surface area contributed by atoms with Gasteiger partial charge in [-0.05, 0) is 24.6 Å². The molecule has 0 N–H and O–H groups in total. The van der Waals surface area contributed by atoms with E-state index in [1.165, 1.54) is 6.07 Å². The number of fused-ring (bicyclic) bond motifs is 1. The molecule has 0 fully saturated rings. The first kappa shape index (κ1) is 9.74. The molecule has 0 amide bonds. The van der Waals surface area contributed by atoms with Crippen molar-refractivity contribution in [1.82, 2.24) is 0 Å². The summed E-state index contributed by atoms with van der Waals surface area (Å²) in [6, 6.07) is 4.90. The van der Waals surface area contributed by atoms with Crippen LogP contribution >= 0.6 is 27.5 Å². The molecule has 1 aromatic heterocycles. The van der Waals surface area contributed by atoms with Gasteiger partial charge in [-0.1, -0.05) is 27.5 Å². The minimum Gasteiger partial charge on any atom is -0.423 e. The second-order valence-electron chi connectivity index (χ2n) is 3.01. The highest BCUT2D eigenvalue weighted by molar-refractivity contribution is 9.10. The Morgan fingerprint density at radius 3 is 2.79 bits per heavy atom. The average Bonchev–Trinajstić information content (AvgIpc) is 2.08. The van der Waals surface area contributed by atoms with Crippen LogP contribution in [0.2, 0.25) is 5.02 Å². The number of hydrogen-bond acceptors (Lipinski definition) is 2. The van der Waals surface area contributed by atoms with Gasteiger partial charge in [-0.2, -0.15) is 0 Å². The normalized spacial score (nSPS) is 10.8. The van der Waals surface area contributed by atoms with Crippen molar-refractivity contribution in [2.75, 3.05) is 0 Å². The van der Waals surface area contributed by atoms with Gasteiger partial charge >= 0.3 is 5.63 Å². The molecule has 0 spiro atoms. The van der Waals surface area contributed by atoms with Crippen molar-refractivity contribution >= 4 is 38.5 Å². The minimum atomic E-state index is -0.432. The molecule has 1 aromatic carbocycles. The smallest absolute Gasteiger partial charge is 0.337 e. The van der Waals surface area contributed by atoms with Gasteiger partial charge in [-0.25, -0.2) is 4.79 Å². The van der Waals surface area contributed by atoms with Gasteiger partial charge < -0.3 is 4.42 Å². The zero-order valence-corrected chi connectivity index (χ0v) is 9.65. The predicted octanol–water partition coefficient (Wildman–Crippen LogP) is 3.52. The standard InChI is InChI=1S/C10H6BrClO2/c1-5-2-6-8(12)4-10(13)14-9(6)3-7(5)11/h2-4H,1H3. The topological polar surface area (TPSA) is 30.2 Å². The molecule has 0 radical (unpaired) electrons. The van der Waals surface area contributed by atoms with Crippen LogP contribution in [0.3, 0.4) is 0 Å². The van der Waals surface area contributed by atoms with E-state index >= 15 is 0 Å². The number of hydrogen-bond donors (Lipinski definition) is 0. The van der Waals surface area contributed by atoms with E-state index in [9.17, 15) is 4.79 Å². The summed E-state index contributed by atoms with van der Waals surface area (Å²) in [4.78, 5) is 11.0. The molecule has 2 rings (SSSR count). The Hall–Kier alpha value is -0.800. The Bertz CT molecular complexity index is 560. The first-order chi connectivity index (χ1) is 6.58. The third-order valence-corrected chi connectivity index (χ3v) is 3.14. The molecule has 0 unspecified atom stereocenters. The van der Waals surface area contributed by atoms with Crippen molar-refractivity contribution < 1.29 is 4.42 Å². The van der Waals surface area contributed by atoms with Crippen LogP contribution in [-0.2, 0) is 0 Å². The van der Waals surface area contributed by atoms with Gasteiger partial charge in [-0.15, -0.1) is 0 Å². The summed E-state index contributed by atoms with van der Waals surface area (Å²) in [6.45, 7) is 1.95. The van der Waals surface area contributed by atoms with Crippen molar-refractivity contribution in [1.29, 1.82) is 0 Å². The summed E-state index contributed by atoms with van der Waals surface area (Å²) in [6.07, 6.45) is 0. The molecule has 2 aromatic rings.